The van der Waals surface area contributed by atoms with Crippen LogP contribution in [0.5, 0.6) is 0 Å². The van der Waals surface area contributed by atoms with Crippen molar-refractivity contribution in [2.45, 2.75) is 6.54 Å². The normalized spacial score (nSPS) is 10.1. The summed E-state index contributed by atoms with van der Waals surface area (Å²) in [5.41, 5.74) is 0.867. The van der Waals surface area contributed by atoms with E-state index >= 15 is 0 Å². The van der Waals surface area contributed by atoms with Gasteiger partial charge in [-0.3, -0.25) is 0 Å². The fourth-order valence-corrected chi connectivity index (χ4v) is 1.36. The molecule has 0 unspecified atom stereocenters. The molecule has 0 bridgehead atoms. The Hall–Kier alpha value is -2.50. The molecule has 2 N–H and O–H groups in total. The summed E-state index contributed by atoms with van der Waals surface area (Å²) in [4.78, 5) is 18.1. The van der Waals surface area contributed by atoms with Crippen LogP contribution in [-0.2, 0) is 6.54 Å². The molecule has 0 atom stereocenters. The van der Waals surface area contributed by atoms with Crippen molar-refractivity contribution in [3.63, 3.8) is 0 Å². The lowest BCUT2D eigenvalue weighted by atomic mass is 10.2. The summed E-state index contributed by atoms with van der Waals surface area (Å²) in [5, 5.41) is 11.7. The zero-order valence-corrected chi connectivity index (χ0v) is 9.30. The van der Waals surface area contributed by atoms with E-state index in [4.69, 9.17) is 5.11 Å². The number of hydrogen-bond acceptors (Lipinski definition) is 4. The van der Waals surface area contributed by atoms with Gasteiger partial charge >= 0.3 is 5.97 Å². The number of rotatable bonds is 4. The Labute approximate surface area is 102 Å². The fourth-order valence-electron chi connectivity index (χ4n) is 1.36. The summed E-state index contributed by atoms with van der Waals surface area (Å²) in [6, 6.07) is 7.57. The highest BCUT2D eigenvalue weighted by Gasteiger charge is 2.06. The molecule has 1 aromatic carbocycles. The predicted octanol–water partition coefficient (Wildman–Crippen LogP) is 1.93. The lowest BCUT2D eigenvalue weighted by Crippen LogP contribution is -2.07. The van der Waals surface area contributed by atoms with Crippen LogP contribution in [0.2, 0.25) is 0 Å². The Balaban J connectivity index is 2.04. The van der Waals surface area contributed by atoms with Crippen LogP contribution in [0.1, 0.15) is 16.2 Å². The molecule has 5 nitrogen and oxygen atoms in total. The van der Waals surface area contributed by atoms with Crippen molar-refractivity contribution in [1.82, 2.24) is 9.97 Å². The number of carboxylic acid groups (broad SMARTS) is 1. The molecule has 92 valence electrons. The van der Waals surface area contributed by atoms with Gasteiger partial charge in [-0.05, 0) is 23.8 Å². The van der Waals surface area contributed by atoms with Gasteiger partial charge in [-0.2, -0.15) is 0 Å². The summed E-state index contributed by atoms with van der Waals surface area (Å²) < 4.78 is 12.7. The first kappa shape index (κ1) is 12.0. The van der Waals surface area contributed by atoms with E-state index in [1.165, 1.54) is 18.3 Å². The largest absolute Gasteiger partial charge is 0.475 e. The second kappa shape index (κ2) is 5.22. The van der Waals surface area contributed by atoms with E-state index in [9.17, 15) is 9.18 Å². The molecule has 0 aliphatic rings. The first-order valence-corrected chi connectivity index (χ1v) is 5.20. The van der Waals surface area contributed by atoms with Crippen molar-refractivity contribution < 1.29 is 14.3 Å². The molecule has 0 spiro atoms. The van der Waals surface area contributed by atoms with E-state index < -0.39 is 5.97 Å². The predicted molar refractivity (Wildman–Crippen MR) is 62.7 cm³/mol. The molecule has 0 saturated heterocycles. The number of hydrogen-bond donors (Lipinski definition) is 2. The van der Waals surface area contributed by atoms with Crippen LogP contribution in [0.3, 0.4) is 0 Å². The molecule has 2 aromatic rings. The molecule has 1 heterocycles. The molecule has 1 aromatic heterocycles. The quantitative estimate of drug-likeness (QED) is 0.863. The second-order valence-corrected chi connectivity index (χ2v) is 3.55. The van der Waals surface area contributed by atoms with Crippen LogP contribution in [0, 0.1) is 5.82 Å². The van der Waals surface area contributed by atoms with Crippen molar-refractivity contribution in [3.8, 4) is 0 Å². The van der Waals surface area contributed by atoms with Crippen molar-refractivity contribution in [2.75, 3.05) is 5.32 Å². The summed E-state index contributed by atoms with van der Waals surface area (Å²) >= 11 is 0. The summed E-state index contributed by atoms with van der Waals surface area (Å²) in [6.45, 7) is 0.427. The topological polar surface area (TPSA) is 75.1 Å². The molecule has 6 heteroatoms. The molecule has 0 fully saturated rings. The number of nitrogens with one attached hydrogen (secondary N) is 1. The number of halogens is 1. The van der Waals surface area contributed by atoms with E-state index in [-0.39, 0.29) is 11.6 Å². The smallest absolute Gasteiger partial charge is 0.374 e. The Kier molecular flexibility index (Phi) is 3.47. The molecule has 0 aliphatic carbocycles. The maximum absolute atomic E-state index is 12.7. The first-order valence-electron chi connectivity index (χ1n) is 5.20. The zero-order valence-electron chi connectivity index (χ0n) is 9.30. The van der Waals surface area contributed by atoms with Gasteiger partial charge in [0.05, 0.1) is 0 Å². The maximum atomic E-state index is 12.7. The standard InChI is InChI=1S/C12H10FN3O2/c13-9-3-1-8(2-4-9)7-15-10-5-6-14-11(16-10)12(17)18/h1-6H,7H2,(H,17,18)(H,14,15,16). The number of anilines is 1. The third-order valence-electron chi connectivity index (χ3n) is 2.23. The third kappa shape index (κ3) is 3.00. The maximum Gasteiger partial charge on any atom is 0.374 e. The molecular formula is C12H10FN3O2. The van der Waals surface area contributed by atoms with Crippen LogP contribution >= 0.6 is 0 Å². The van der Waals surface area contributed by atoms with Gasteiger partial charge < -0.3 is 10.4 Å². The van der Waals surface area contributed by atoms with Gasteiger partial charge in [0, 0.05) is 12.7 Å². The van der Waals surface area contributed by atoms with E-state index in [2.05, 4.69) is 15.3 Å². The molecule has 18 heavy (non-hydrogen) atoms. The number of benzene rings is 1. The van der Waals surface area contributed by atoms with Crippen molar-refractivity contribution in [2.24, 2.45) is 0 Å². The molecular weight excluding hydrogens is 237 g/mol. The Bertz CT molecular complexity index is 558. The van der Waals surface area contributed by atoms with Crippen LogP contribution in [-0.4, -0.2) is 21.0 Å². The van der Waals surface area contributed by atoms with Crippen LogP contribution < -0.4 is 5.32 Å². The monoisotopic (exact) mass is 247 g/mol. The minimum Gasteiger partial charge on any atom is -0.475 e. The average Bonchev–Trinajstić information content (AvgIpc) is 2.38. The van der Waals surface area contributed by atoms with Crippen molar-refractivity contribution in [3.05, 3.63) is 53.7 Å². The van der Waals surface area contributed by atoms with Crippen LogP contribution in [0.15, 0.2) is 36.5 Å². The zero-order chi connectivity index (χ0) is 13.0. The fraction of sp³-hybridized carbons (Fsp3) is 0.0833. The molecule has 2 rings (SSSR count). The van der Waals surface area contributed by atoms with Gasteiger partial charge in [0.15, 0.2) is 0 Å². The van der Waals surface area contributed by atoms with Gasteiger partial charge in [-0.25, -0.2) is 19.2 Å². The lowest BCUT2D eigenvalue weighted by Gasteiger charge is -2.05. The highest BCUT2D eigenvalue weighted by Crippen LogP contribution is 2.07. The minimum atomic E-state index is -1.18. The van der Waals surface area contributed by atoms with Crippen molar-refractivity contribution >= 4 is 11.8 Å². The molecule has 0 radical (unpaired) electrons. The molecule has 0 amide bonds. The number of carboxylic acids is 1. The summed E-state index contributed by atoms with van der Waals surface area (Å²) in [7, 11) is 0. The second-order valence-electron chi connectivity index (χ2n) is 3.55. The Morgan fingerprint density at radius 2 is 2.00 bits per heavy atom. The SMILES string of the molecule is O=C(O)c1nccc(NCc2ccc(F)cc2)n1. The van der Waals surface area contributed by atoms with Gasteiger partial charge in [-0.15, -0.1) is 0 Å². The third-order valence-corrected chi connectivity index (χ3v) is 2.23. The average molecular weight is 247 g/mol. The number of aromatic carboxylic acids is 1. The number of aromatic nitrogens is 2. The van der Waals surface area contributed by atoms with E-state index in [1.54, 1.807) is 18.2 Å². The highest BCUT2D eigenvalue weighted by atomic mass is 19.1. The lowest BCUT2D eigenvalue weighted by molar-refractivity contribution is 0.0683. The minimum absolute atomic E-state index is 0.265. The highest BCUT2D eigenvalue weighted by molar-refractivity contribution is 5.83. The Morgan fingerprint density at radius 1 is 1.28 bits per heavy atom. The Morgan fingerprint density at radius 3 is 2.67 bits per heavy atom. The summed E-state index contributed by atoms with van der Waals surface area (Å²) in [6.07, 6.45) is 1.36. The molecule has 0 aliphatic heterocycles. The summed E-state index contributed by atoms with van der Waals surface area (Å²) in [5.74, 6) is -1.33. The first-order chi connectivity index (χ1) is 8.65. The van der Waals surface area contributed by atoms with Gasteiger partial charge in [0.25, 0.3) is 0 Å². The number of nitrogens with zero attached hydrogens (tertiary/aromatic N) is 2. The molecule has 0 saturated carbocycles. The van der Waals surface area contributed by atoms with Crippen molar-refractivity contribution in [1.29, 1.82) is 0 Å². The van der Waals surface area contributed by atoms with Gasteiger partial charge in [-0.1, -0.05) is 12.1 Å². The number of carbonyl (C=O) groups is 1. The van der Waals surface area contributed by atoms with E-state index in [0.717, 1.165) is 5.56 Å². The van der Waals surface area contributed by atoms with Gasteiger partial charge in [0.1, 0.15) is 11.6 Å². The van der Waals surface area contributed by atoms with Crippen LogP contribution in [0.4, 0.5) is 10.2 Å². The van der Waals surface area contributed by atoms with E-state index in [1.807, 2.05) is 0 Å². The van der Waals surface area contributed by atoms with Gasteiger partial charge in [0.2, 0.25) is 5.82 Å². The van der Waals surface area contributed by atoms with Crippen LogP contribution in [0.25, 0.3) is 0 Å². The van der Waals surface area contributed by atoms with E-state index in [0.29, 0.717) is 12.4 Å².